The zero-order valence-corrected chi connectivity index (χ0v) is 10.1. The van der Waals surface area contributed by atoms with Crippen LogP contribution in [0.1, 0.15) is 18.3 Å². The van der Waals surface area contributed by atoms with Crippen molar-refractivity contribution in [2.75, 3.05) is 5.88 Å². The second-order valence-corrected chi connectivity index (χ2v) is 3.96. The maximum absolute atomic E-state index is 5.66. The molecular formula is C10H14ClN5. The molecule has 0 unspecified atom stereocenters. The van der Waals surface area contributed by atoms with Crippen molar-refractivity contribution in [1.29, 1.82) is 0 Å². The molecule has 5 nitrogen and oxygen atoms in total. The standard InChI is InChI=1S/C10H14ClN5/c1-3-9-10(7-15(2)13-9)16-6-8(4-5-11)12-14-16/h6-7H,3-5H2,1-2H3. The number of hydrogen-bond acceptors (Lipinski definition) is 3. The van der Waals surface area contributed by atoms with Crippen LogP contribution in [0, 0.1) is 0 Å². The summed E-state index contributed by atoms with van der Waals surface area (Å²) in [4.78, 5) is 0. The summed E-state index contributed by atoms with van der Waals surface area (Å²) in [6, 6.07) is 0. The quantitative estimate of drug-likeness (QED) is 0.757. The largest absolute Gasteiger partial charge is 0.273 e. The van der Waals surface area contributed by atoms with Gasteiger partial charge >= 0.3 is 0 Å². The van der Waals surface area contributed by atoms with Crippen LogP contribution in [0.3, 0.4) is 0 Å². The fourth-order valence-electron chi connectivity index (χ4n) is 1.59. The van der Waals surface area contributed by atoms with E-state index in [-0.39, 0.29) is 0 Å². The van der Waals surface area contributed by atoms with Crippen molar-refractivity contribution in [2.45, 2.75) is 19.8 Å². The van der Waals surface area contributed by atoms with Crippen molar-refractivity contribution in [3.05, 3.63) is 23.8 Å². The van der Waals surface area contributed by atoms with Gasteiger partial charge in [-0.2, -0.15) is 5.10 Å². The van der Waals surface area contributed by atoms with Gasteiger partial charge in [-0.05, 0) is 6.42 Å². The van der Waals surface area contributed by atoms with Crippen molar-refractivity contribution in [2.24, 2.45) is 7.05 Å². The predicted molar refractivity (Wildman–Crippen MR) is 61.9 cm³/mol. The van der Waals surface area contributed by atoms with Gasteiger partial charge in [0.2, 0.25) is 0 Å². The average molecular weight is 240 g/mol. The van der Waals surface area contributed by atoms with E-state index in [0.717, 1.165) is 29.9 Å². The minimum absolute atomic E-state index is 0.562. The Morgan fingerprint density at radius 3 is 2.88 bits per heavy atom. The summed E-state index contributed by atoms with van der Waals surface area (Å²) in [5.41, 5.74) is 2.91. The molecule has 0 aromatic carbocycles. The molecular weight excluding hydrogens is 226 g/mol. The van der Waals surface area contributed by atoms with E-state index in [1.807, 2.05) is 19.4 Å². The van der Waals surface area contributed by atoms with Gasteiger partial charge in [-0.15, -0.1) is 16.7 Å². The SMILES string of the molecule is CCc1nn(C)cc1-n1cc(CCCl)nn1. The van der Waals surface area contributed by atoms with E-state index >= 15 is 0 Å². The molecule has 16 heavy (non-hydrogen) atoms. The molecule has 2 heterocycles. The molecule has 2 rings (SSSR count). The topological polar surface area (TPSA) is 48.5 Å². The summed E-state index contributed by atoms with van der Waals surface area (Å²) < 4.78 is 3.55. The second-order valence-electron chi connectivity index (χ2n) is 3.58. The summed E-state index contributed by atoms with van der Waals surface area (Å²) in [6.07, 6.45) is 5.46. The van der Waals surface area contributed by atoms with Crippen molar-refractivity contribution >= 4 is 11.6 Å². The monoisotopic (exact) mass is 239 g/mol. The van der Waals surface area contributed by atoms with Gasteiger partial charge in [0.05, 0.1) is 23.8 Å². The Bertz CT molecular complexity index is 473. The van der Waals surface area contributed by atoms with Gasteiger partial charge in [-0.25, -0.2) is 4.68 Å². The highest BCUT2D eigenvalue weighted by Gasteiger charge is 2.10. The molecule has 0 bridgehead atoms. The minimum atomic E-state index is 0.562. The smallest absolute Gasteiger partial charge is 0.107 e. The molecule has 2 aromatic heterocycles. The Kier molecular flexibility index (Phi) is 3.24. The number of halogens is 1. The first-order chi connectivity index (χ1) is 7.74. The van der Waals surface area contributed by atoms with E-state index in [9.17, 15) is 0 Å². The molecule has 0 atom stereocenters. The third-order valence-electron chi connectivity index (χ3n) is 2.36. The van der Waals surface area contributed by atoms with Crippen molar-refractivity contribution in [1.82, 2.24) is 24.8 Å². The van der Waals surface area contributed by atoms with E-state index in [1.54, 1.807) is 9.36 Å². The van der Waals surface area contributed by atoms with Crippen LogP contribution in [0.5, 0.6) is 0 Å². The summed E-state index contributed by atoms with van der Waals surface area (Å²) in [6.45, 7) is 2.07. The zero-order valence-electron chi connectivity index (χ0n) is 9.39. The van der Waals surface area contributed by atoms with Crippen LogP contribution in [0.25, 0.3) is 5.69 Å². The van der Waals surface area contributed by atoms with Crippen molar-refractivity contribution in [3.8, 4) is 5.69 Å². The van der Waals surface area contributed by atoms with Crippen LogP contribution in [0.2, 0.25) is 0 Å². The Balaban J connectivity index is 2.34. The second kappa shape index (κ2) is 4.65. The number of aromatic nitrogens is 5. The van der Waals surface area contributed by atoms with Crippen LogP contribution in [-0.2, 0) is 19.9 Å². The lowest BCUT2D eigenvalue weighted by molar-refractivity contribution is 0.746. The van der Waals surface area contributed by atoms with Gasteiger partial charge in [0, 0.05) is 19.3 Å². The average Bonchev–Trinajstić information content (AvgIpc) is 2.85. The van der Waals surface area contributed by atoms with Crippen LogP contribution < -0.4 is 0 Å². The van der Waals surface area contributed by atoms with Crippen molar-refractivity contribution < 1.29 is 0 Å². The van der Waals surface area contributed by atoms with Gasteiger partial charge in [0.25, 0.3) is 0 Å². The molecule has 0 aliphatic heterocycles. The molecule has 0 radical (unpaired) electrons. The fourth-order valence-corrected chi connectivity index (χ4v) is 1.79. The van der Waals surface area contributed by atoms with Crippen molar-refractivity contribution in [3.63, 3.8) is 0 Å². The number of nitrogens with zero attached hydrogens (tertiary/aromatic N) is 5. The molecule has 0 fully saturated rings. The lowest BCUT2D eigenvalue weighted by Crippen LogP contribution is -1.97. The number of hydrogen-bond donors (Lipinski definition) is 0. The molecule has 2 aromatic rings. The lowest BCUT2D eigenvalue weighted by Gasteiger charge is -1.96. The van der Waals surface area contributed by atoms with E-state index < -0.39 is 0 Å². The Labute approximate surface area is 99.0 Å². The number of aryl methyl sites for hydroxylation is 3. The summed E-state index contributed by atoms with van der Waals surface area (Å²) in [5.74, 6) is 0.562. The van der Waals surface area contributed by atoms with Gasteiger partial charge in [-0.1, -0.05) is 12.1 Å². The Morgan fingerprint density at radius 2 is 2.19 bits per heavy atom. The molecule has 0 saturated carbocycles. The summed E-state index contributed by atoms with van der Waals surface area (Å²) >= 11 is 5.66. The Morgan fingerprint density at radius 1 is 1.38 bits per heavy atom. The molecule has 0 N–H and O–H groups in total. The van der Waals surface area contributed by atoms with Crippen LogP contribution in [0.15, 0.2) is 12.4 Å². The highest BCUT2D eigenvalue weighted by molar-refractivity contribution is 6.17. The van der Waals surface area contributed by atoms with Gasteiger partial charge in [0.15, 0.2) is 0 Å². The third-order valence-corrected chi connectivity index (χ3v) is 2.55. The molecule has 86 valence electrons. The van der Waals surface area contributed by atoms with Gasteiger partial charge in [-0.3, -0.25) is 4.68 Å². The molecule has 0 aliphatic rings. The molecule has 0 aliphatic carbocycles. The van der Waals surface area contributed by atoms with Crippen LogP contribution >= 0.6 is 11.6 Å². The van der Waals surface area contributed by atoms with E-state index in [1.165, 1.54) is 0 Å². The van der Waals surface area contributed by atoms with Crippen LogP contribution in [0.4, 0.5) is 0 Å². The third kappa shape index (κ3) is 2.09. The predicted octanol–water partition coefficient (Wildman–Crippen LogP) is 1.34. The molecule has 6 heteroatoms. The van der Waals surface area contributed by atoms with E-state index in [0.29, 0.717) is 5.88 Å². The molecule has 0 amide bonds. The molecule has 0 spiro atoms. The minimum Gasteiger partial charge on any atom is -0.273 e. The summed E-state index contributed by atoms with van der Waals surface area (Å²) in [5, 5.41) is 12.5. The fraction of sp³-hybridized carbons (Fsp3) is 0.500. The summed E-state index contributed by atoms with van der Waals surface area (Å²) in [7, 11) is 1.90. The normalized spacial score (nSPS) is 10.9. The first kappa shape index (κ1) is 11.1. The van der Waals surface area contributed by atoms with Gasteiger partial charge < -0.3 is 0 Å². The number of rotatable bonds is 4. The van der Waals surface area contributed by atoms with E-state index in [2.05, 4.69) is 22.3 Å². The first-order valence-corrected chi connectivity index (χ1v) is 5.78. The molecule has 0 saturated heterocycles. The van der Waals surface area contributed by atoms with Gasteiger partial charge in [0.1, 0.15) is 5.69 Å². The number of alkyl halides is 1. The maximum Gasteiger partial charge on any atom is 0.107 e. The Hall–Kier alpha value is -1.36. The maximum atomic E-state index is 5.66. The first-order valence-electron chi connectivity index (χ1n) is 5.24. The highest BCUT2D eigenvalue weighted by atomic mass is 35.5. The lowest BCUT2D eigenvalue weighted by atomic mass is 10.3. The van der Waals surface area contributed by atoms with E-state index in [4.69, 9.17) is 11.6 Å². The van der Waals surface area contributed by atoms with Crippen LogP contribution in [-0.4, -0.2) is 30.7 Å². The zero-order chi connectivity index (χ0) is 11.5. The highest BCUT2D eigenvalue weighted by Crippen LogP contribution is 2.12.